The normalized spacial score (nSPS) is 11.6. The number of hydrogen-bond acceptors (Lipinski definition) is 9. The summed E-state index contributed by atoms with van der Waals surface area (Å²) in [6.45, 7) is 5.62. The van der Waals surface area contributed by atoms with Gasteiger partial charge in [-0.15, -0.1) is 10.2 Å². The standard InChI is InChI=1S/C26H24N4O5S.Na/c1-15(2)35-26-17(14-31)10-16(3)11-21(26)22-9-8-18(13-28-22)29-30-23-12-24(36(32,33)34)19-6-4-5-7-20(19)25(23)27;/h4-15H,27H2,1-3H3,(H,32,33,34);/q;+1/p-1. The summed E-state index contributed by atoms with van der Waals surface area (Å²) in [5.41, 5.74) is 9.35. The molecule has 0 fully saturated rings. The van der Waals surface area contributed by atoms with E-state index in [-0.39, 0.29) is 52.4 Å². The third-order valence-corrected chi connectivity index (χ3v) is 6.21. The van der Waals surface area contributed by atoms with Crippen LogP contribution >= 0.6 is 0 Å². The van der Waals surface area contributed by atoms with E-state index in [1.807, 2.05) is 26.8 Å². The summed E-state index contributed by atoms with van der Waals surface area (Å²) in [6.07, 6.45) is 2.08. The number of nitrogen functional groups attached to an aromatic ring is 1. The molecule has 37 heavy (non-hydrogen) atoms. The largest absolute Gasteiger partial charge is 1.00 e. The first kappa shape index (κ1) is 28.4. The molecule has 0 saturated heterocycles. The first-order valence-electron chi connectivity index (χ1n) is 11.0. The minimum Gasteiger partial charge on any atom is -0.744 e. The zero-order valence-electron chi connectivity index (χ0n) is 20.8. The van der Waals surface area contributed by atoms with E-state index in [1.165, 1.54) is 12.3 Å². The van der Waals surface area contributed by atoms with Gasteiger partial charge in [-0.2, -0.15) is 0 Å². The molecule has 0 spiro atoms. The van der Waals surface area contributed by atoms with Crippen LogP contribution in [0, 0.1) is 6.92 Å². The average molecular weight is 527 g/mol. The maximum Gasteiger partial charge on any atom is 1.00 e. The fraction of sp³-hybridized carbons (Fsp3) is 0.154. The second-order valence-corrected chi connectivity index (χ2v) is 9.77. The van der Waals surface area contributed by atoms with Crippen molar-refractivity contribution in [2.75, 3.05) is 5.73 Å². The predicted octanol–water partition coefficient (Wildman–Crippen LogP) is 2.72. The quantitative estimate of drug-likeness (QED) is 0.128. The van der Waals surface area contributed by atoms with Crippen LogP contribution in [-0.2, 0) is 10.1 Å². The molecule has 1 aromatic heterocycles. The van der Waals surface area contributed by atoms with E-state index in [9.17, 15) is 17.8 Å². The van der Waals surface area contributed by atoms with Crippen molar-refractivity contribution in [1.82, 2.24) is 4.98 Å². The first-order chi connectivity index (χ1) is 17.1. The summed E-state index contributed by atoms with van der Waals surface area (Å²) in [7, 11) is -4.77. The van der Waals surface area contributed by atoms with Crippen LogP contribution in [0.5, 0.6) is 5.75 Å². The molecule has 0 aliphatic carbocycles. The van der Waals surface area contributed by atoms with Gasteiger partial charge in [-0.1, -0.05) is 24.3 Å². The number of aromatic nitrogens is 1. The van der Waals surface area contributed by atoms with Crippen molar-refractivity contribution >= 4 is 44.2 Å². The Balaban J connectivity index is 0.00000380. The van der Waals surface area contributed by atoms with Gasteiger partial charge in [0, 0.05) is 16.3 Å². The van der Waals surface area contributed by atoms with Crippen LogP contribution in [0.4, 0.5) is 17.1 Å². The Morgan fingerprint density at radius 2 is 1.76 bits per heavy atom. The van der Waals surface area contributed by atoms with Gasteiger partial charge in [0.1, 0.15) is 27.2 Å². The predicted molar refractivity (Wildman–Crippen MR) is 136 cm³/mol. The maximum atomic E-state index is 11.8. The van der Waals surface area contributed by atoms with Crippen LogP contribution in [0.2, 0.25) is 0 Å². The Labute approximate surface area is 236 Å². The topological polar surface area (TPSA) is 147 Å². The van der Waals surface area contributed by atoms with Crippen molar-refractivity contribution in [3.63, 3.8) is 0 Å². The number of ether oxygens (including phenoxy) is 1. The monoisotopic (exact) mass is 526 g/mol. The molecular weight excluding hydrogens is 503 g/mol. The van der Waals surface area contributed by atoms with E-state index in [4.69, 9.17) is 10.5 Å². The van der Waals surface area contributed by atoms with Gasteiger partial charge in [0.2, 0.25) is 0 Å². The molecule has 0 aliphatic rings. The summed E-state index contributed by atoms with van der Waals surface area (Å²) < 4.78 is 41.3. The fourth-order valence-electron chi connectivity index (χ4n) is 3.80. The number of nitrogens with two attached hydrogens (primary N) is 1. The van der Waals surface area contributed by atoms with Crippen molar-refractivity contribution in [2.45, 2.75) is 31.8 Å². The number of pyridine rings is 1. The van der Waals surface area contributed by atoms with Crippen LogP contribution in [0.15, 0.2) is 75.9 Å². The Morgan fingerprint density at radius 1 is 1.05 bits per heavy atom. The van der Waals surface area contributed by atoms with Gasteiger partial charge in [-0.25, -0.2) is 8.42 Å². The van der Waals surface area contributed by atoms with Crippen LogP contribution < -0.4 is 40.0 Å². The number of benzene rings is 3. The number of rotatable bonds is 7. The zero-order valence-corrected chi connectivity index (χ0v) is 23.6. The van der Waals surface area contributed by atoms with Crippen LogP contribution in [0.3, 0.4) is 0 Å². The summed E-state index contributed by atoms with van der Waals surface area (Å²) in [6, 6.07) is 14.6. The minimum absolute atomic E-state index is 0. The molecule has 0 saturated carbocycles. The van der Waals surface area contributed by atoms with Crippen molar-refractivity contribution in [3.8, 4) is 17.0 Å². The Bertz CT molecular complexity index is 1600. The number of hydrogen-bond donors (Lipinski definition) is 1. The van der Waals surface area contributed by atoms with Gasteiger partial charge in [0.05, 0.1) is 34.1 Å². The van der Waals surface area contributed by atoms with E-state index in [1.54, 1.807) is 36.4 Å². The summed E-state index contributed by atoms with van der Waals surface area (Å²) in [5, 5.41) is 8.82. The van der Waals surface area contributed by atoms with E-state index in [2.05, 4.69) is 15.2 Å². The van der Waals surface area contributed by atoms with E-state index in [0.29, 0.717) is 33.6 Å². The van der Waals surface area contributed by atoms with E-state index < -0.39 is 15.0 Å². The zero-order chi connectivity index (χ0) is 26.0. The van der Waals surface area contributed by atoms with E-state index in [0.717, 1.165) is 17.9 Å². The number of carbonyl (C=O) groups is 1. The molecule has 11 heteroatoms. The van der Waals surface area contributed by atoms with Crippen molar-refractivity contribution in [2.24, 2.45) is 10.2 Å². The summed E-state index contributed by atoms with van der Waals surface area (Å²) in [4.78, 5) is 15.6. The minimum atomic E-state index is -4.77. The Morgan fingerprint density at radius 3 is 2.35 bits per heavy atom. The molecular formula is C26H23N4NaO5S. The summed E-state index contributed by atoms with van der Waals surface area (Å²) in [5.74, 6) is 0.447. The summed E-state index contributed by atoms with van der Waals surface area (Å²) >= 11 is 0. The van der Waals surface area contributed by atoms with Crippen LogP contribution in [0.25, 0.3) is 22.0 Å². The van der Waals surface area contributed by atoms with Gasteiger partial charge in [0.25, 0.3) is 0 Å². The molecule has 0 atom stereocenters. The number of carbonyl (C=O) groups excluding carboxylic acids is 1. The van der Waals surface area contributed by atoms with Gasteiger partial charge in [0.15, 0.2) is 6.29 Å². The van der Waals surface area contributed by atoms with Crippen molar-refractivity contribution < 1.29 is 52.1 Å². The molecule has 184 valence electrons. The van der Waals surface area contributed by atoms with Gasteiger partial charge >= 0.3 is 29.6 Å². The number of azo groups is 1. The number of nitrogens with zero attached hydrogens (tertiary/aromatic N) is 3. The molecule has 0 bridgehead atoms. The Hall–Kier alpha value is -3.15. The molecule has 1 heterocycles. The van der Waals surface area contributed by atoms with Gasteiger partial charge in [-0.3, -0.25) is 9.78 Å². The molecule has 3 aromatic carbocycles. The smallest absolute Gasteiger partial charge is 0.744 e. The number of aryl methyl sites for hydroxylation is 1. The second-order valence-electron chi connectivity index (χ2n) is 8.42. The molecule has 0 radical (unpaired) electrons. The molecule has 0 amide bonds. The number of aldehydes is 1. The first-order valence-corrected chi connectivity index (χ1v) is 12.4. The van der Waals surface area contributed by atoms with E-state index >= 15 is 0 Å². The Kier molecular flexibility index (Phi) is 8.83. The third-order valence-electron chi connectivity index (χ3n) is 5.34. The second kappa shape index (κ2) is 11.5. The molecule has 4 aromatic rings. The molecule has 9 nitrogen and oxygen atoms in total. The SMILES string of the molecule is Cc1cc(C=O)c(OC(C)C)c(-c2ccc(N=Nc3cc(S(=O)(=O)[O-])c4ccccc4c3N)cn2)c1.[Na+]. The molecule has 0 aliphatic heterocycles. The van der Waals surface area contributed by atoms with Crippen LogP contribution in [0.1, 0.15) is 29.8 Å². The third kappa shape index (κ3) is 6.23. The number of anilines is 1. The van der Waals surface area contributed by atoms with Crippen molar-refractivity contribution in [3.05, 3.63) is 71.9 Å². The van der Waals surface area contributed by atoms with Gasteiger partial charge < -0.3 is 15.0 Å². The van der Waals surface area contributed by atoms with Crippen LogP contribution in [-0.4, -0.2) is 30.3 Å². The van der Waals surface area contributed by atoms with Crippen molar-refractivity contribution in [1.29, 1.82) is 0 Å². The van der Waals surface area contributed by atoms with Gasteiger partial charge in [-0.05, 0) is 56.7 Å². The molecule has 0 unspecified atom stereocenters. The average Bonchev–Trinajstić information content (AvgIpc) is 2.84. The molecule has 4 rings (SSSR count). The fourth-order valence-corrected chi connectivity index (χ4v) is 4.51. The maximum absolute atomic E-state index is 11.8. The number of fused-ring (bicyclic) bond motifs is 1. The molecule has 2 N–H and O–H groups in total.